The van der Waals surface area contributed by atoms with E-state index in [0.717, 1.165) is 50.1 Å². The van der Waals surface area contributed by atoms with Gasteiger partial charge in [-0.25, -0.2) is 0 Å². The maximum atomic E-state index is 6.19. The summed E-state index contributed by atoms with van der Waals surface area (Å²) in [6.45, 7) is 0. The summed E-state index contributed by atoms with van der Waals surface area (Å²) in [4.78, 5) is 7.04. The molecule has 0 saturated heterocycles. The number of benzene rings is 7. The topological polar surface area (TPSA) is 29.3 Å². The maximum Gasteiger partial charge on any atom is 0.135 e. The molecular formula is C45H28N2OS. The van der Waals surface area contributed by atoms with E-state index < -0.39 is 0 Å². The predicted octanol–water partition coefficient (Wildman–Crippen LogP) is 13.3. The summed E-state index contributed by atoms with van der Waals surface area (Å²) < 4.78 is 8.76. The summed E-state index contributed by atoms with van der Waals surface area (Å²) in [5.41, 5.74) is 9.70. The van der Waals surface area contributed by atoms with Crippen LogP contribution in [0.25, 0.3) is 75.1 Å². The first-order valence-electron chi connectivity index (χ1n) is 16.4. The van der Waals surface area contributed by atoms with Gasteiger partial charge >= 0.3 is 0 Å². The number of hydrogen-bond donors (Lipinski definition) is 0. The molecule has 230 valence electrons. The van der Waals surface area contributed by atoms with E-state index >= 15 is 0 Å². The fourth-order valence-electron chi connectivity index (χ4n) is 7.15. The smallest absolute Gasteiger partial charge is 0.135 e. The van der Waals surface area contributed by atoms with Crippen molar-refractivity contribution in [3.8, 4) is 22.3 Å². The van der Waals surface area contributed by atoms with Crippen LogP contribution >= 0.6 is 11.3 Å². The Morgan fingerprint density at radius 2 is 1.08 bits per heavy atom. The molecule has 7 aromatic carbocycles. The molecule has 0 unspecified atom stereocenters. The lowest BCUT2D eigenvalue weighted by Gasteiger charge is -2.26. The lowest BCUT2D eigenvalue weighted by Crippen LogP contribution is -2.09. The molecule has 0 N–H and O–H groups in total. The Bertz CT molecular complexity index is 2810. The highest BCUT2D eigenvalue weighted by Crippen LogP contribution is 2.44. The molecule has 49 heavy (non-hydrogen) atoms. The number of pyridine rings is 1. The molecule has 0 atom stereocenters. The number of rotatable bonds is 5. The number of nitrogens with zero attached hydrogens (tertiary/aromatic N) is 2. The molecule has 4 heteroatoms. The zero-order valence-corrected chi connectivity index (χ0v) is 27.2. The average molecular weight is 645 g/mol. The quantitative estimate of drug-likeness (QED) is 0.187. The van der Waals surface area contributed by atoms with E-state index in [1.807, 2.05) is 35.9 Å². The van der Waals surface area contributed by atoms with E-state index in [1.165, 1.54) is 42.1 Å². The molecule has 10 rings (SSSR count). The van der Waals surface area contributed by atoms with Crippen molar-refractivity contribution >= 4 is 81.3 Å². The molecule has 3 heterocycles. The van der Waals surface area contributed by atoms with Crippen LogP contribution < -0.4 is 4.90 Å². The summed E-state index contributed by atoms with van der Waals surface area (Å²) >= 11 is 1.86. The van der Waals surface area contributed by atoms with Crippen LogP contribution in [0.2, 0.25) is 0 Å². The van der Waals surface area contributed by atoms with Gasteiger partial charge in [-0.3, -0.25) is 4.98 Å². The minimum atomic E-state index is 0.886. The third-order valence-corrected chi connectivity index (χ3v) is 10.8. The van der Waals surface area contributed by atoms with Crippen LogP contribution in [0.15, 0.2) is 175 Å². The SMILES string of the molecule is c1ccc(-c2ccc(N(c3ccc(-c4cncc5c4sc4c6ccccc6ccc54)cc3)c3ccc4oc5ccccc5c4c3)cc2)cc1. The molecule has 0 bridgehead atoms. The van der Waals surface area contributed by atoms with Gasteiger partial charge in [-0.05, 0) is 76.0 Å². The van der Waals surface area contributed by atoms with E-state index in [4.69, 9.17) is 9.40 Å². The Balaban J connectivity index is 1.10. The van der Waals surface area contributed by atoms with Gasteiger partial charge < -0.3 is 9.32 Å². The maximum absolute atomic E-state index is 6.19. The van der Waals surface area contributed by atoms with Crippen LogP contribution in [0.5, 0.6) is 0 Å². The Hall–Kier alpha value is -6.23. The lowest BCUT2D eigenvalue weighted by atomic mass is 10.0. The van der Waals surface area contributed by atoms with Crippen molar-refractivity contribution in [2.24, 2.45) is 0 Å². The minimum Gasteiger partial charge on any atom is -0.456 e. The van der Waals surface area contributed by atoms with E-state index in [1.54, 1.807) is 0 Å². The van der Waals surface area contributed by atoms with Gasteiger partial charge in [-0.15, -0.1) is 11.3 Å². The highest BCUT2D eigenvalue weighted by atomic mass is 32.1. The highest BCUT2D eigenvalue weighted by molar-refractivity contribution is 7.27. The largest absolute Gasteiger partial charge is 0.456 e. The second-order valence-electron chi connectivity index (χ2n) is 12.4. The van der Waals surface area contributed by atoms with Crippen molar-refractivity contribution in [2.45, 2.75) is 0 Å². The van der Waals surface area contributed by atoms with Crippen LogP contribution in [-0.2, 0) is 0 Å². The summed E-state index contributed by atoms with van der Waals surface area (Å²) in [6, 6.07) is 56.1. The van der Waals surface area contributed by atoms with Gasteiger partial charge in [-0.1, -0.05) is 109 Å². The zero-order valence-electron chi connectivity index (χ0n) is 26.4. The zero-order chi connectivity index (χ0) is 32.3. The molecule has 10 aromatic rings. The van der Waals surface area contributed by atoms with E-state index in [-0.39, 0.29) is 0 Å². The van der Waals surface area contributed by atoms with Gasteiger partial charge in [-0.2, -0.15) is 0 Å². The van der Waals surface area contributed by atoms with E-state index in [0.29, 0.717) is 0 Å². The van der Waals surface area contributed by atoms with Gasteiger partial charge in [0.05, 0.1) is 0 Å². The van der Waals surface area contributed by atoms with Gasteiger partial charge in [0, 0.05) is 66.0 Å². The standard InChI is InChI=1S/C45H28N2OS/c1-2-8-29(9-3-1)30-14-19-33(20-15-30)47(35-23-25-43-39(26-35)37-12-6-7-13-42(37)48-43)34-21-16-32(17-22-34)40-27-46-28-41-38-24-18-31-10-4-5-11-36(31)44(38)49-45(40)41/h1-28H. The van der Waals surface area contributed by atoms with Crippen LogP contribution in [0.4, 0.5) is 17.1 Å². The van der Waals surface area contributed by atoms with Crippen LogP contribution in [0.1, 0.15) is 0 Å². The third kappa shape index (κ3) is 4.61. The summed E-state index contributed by atoms with van der Waals surface area (Å²) in [5.74, 6) is 0. The second kappa shape index (κ2) is 11.2. The van der Waals surface area contributed by atoms with Crippen LogP contribution in [0.3, 0.4) is 0 Å². The van der Waals surface area contributed by atoms with Gasteiger partial charge in [0.25, 0.3) is 0 Å². The molecule has 0 spiro atoms. The van der Waals surface area contributed by atoms with Gasteiger partial charge in [0.15, 0.2) is 0 Å². The number of fused-ring (bicyclic) bond motifs is 8. The van der Waals surface area contributed by atoms with Gasteiger partial charge in [0.2, 0.25) is 0 Å². The van der Waals surface area contributed by atoms with Crippen molar-refractivity contribution in [3.63, 3.8) is 0 Å². The molecular weight excluding hydrogens is 617 g/mol. The third-order valence-electron chi connectivity index (χ3n) is 9.56. The van der Waals surface area contributed by atoms with Crippen molar-refractivity contribution in [3.05, 3.63) is 170 Å². The van der Waals surface area contributed by atoms with Gasteiger partial charge in [0.1, 0.15) is 11.2 Å². The van der Waals surface area contributed by atoms with Crippen molar-refractivity contribution in [1.29, 1.82) is 0 Å². The monoisotopic (exact) mass is 644 g/mol. The van der Waals surface area contributed by atoms with Crippen LogP contribution in [-0.4, -0.2) is 4.98 Å². The fourth-order valence-corrected chi connectivity index (χ4v) is 8.49. The number of thiophene rings is 1. The normalized spacial score (nSPS) is 11.7. The molecule has 0 aliphatic heterocycles. The van der Waals surface area contributed by atoms with Crippen molar-refractivity contribution < 1.29 is 4.42 Å². The Morgan fingerprint density at radius 3 is 1.90 bits per heavy atom. The Kier molecular flexibility index (Phi) is 6.36. The van der Waals surface area contributed by atoms with Crippen LogP contribution in [0, 0.1) is 0 Å². The number of para-hydroxylation sites is 1. The Labute approximate surface area is 286 Å². The lowest BCUT2D eigenvalue weighted by molar-refractivity contribution is 0.669. The second-order valence-corrected chi connectivity index (χ2v) is 13.4. The number of aromatic nitrogens is 1. The number of hydrogen-bond acceptors (Lipinski definition) is 4. The fraction of sp³-hybridized carbons (Fsp3) is 0. The molecule has 3 aromatic heterocycles. The molecule has 0 fully saturated rings. The Morgan fingerprint density at radius 1 is 0.429 bits per heavy atom. The van der Waals surface area contributed by atoms with E-state index in [9.17, 15) is 0 Å². The van der Waals surface area contributed by atoms with Crippen molar-refractivity contribution in [1.82, 2.24) is 4.98 Å². The first kappa shape index (κ1) is 27.8. The minimum absolute atomic E-state index is 0.886. The first-order valence-corrected chi connectivity index (χ1v) is 17.3. The van der Waals surface area contributed by atoms with Crippen molar-refractivity contribution in [2.75, 3.05) is 4.90 Å². The molecule has 0 amide bonds. The summed E-state index contributed by atoms with van der Waals surface area (Å²) in [6.07, 6.45) is 4.02. The van der Waals surface area contributed by atoms with E-state index in [2.05, 4.69) is 150 Å². The predicted molar refractivity (Wildman–Crippen MR) is 207 cm³/mol. The number of furan rings is 1. The molecule has 0 aliphatic carbocycles. The molecule has 3 nitrogen and oxygen atoms in total. The molecule has 0 radical (unpaired) electrons. The molecule has 0 aliphatic rings. The summed E-state index contributed by atoms with van der Waals surface area (Å²) in [7, 11) is 0. The average Bonchev–Trinajstić information content (AvgIpc) is 3.75. The molecule has 0 saturated carbocycles. The number of anilines is 3. The summed E-state index contributed by atoms with van der Waals surface area (Å²) in [5, 5.41) is 7.24. The highest BCUT2D eigenvalue weighted by Gasteiger charge is 2.17. The first-order chi connectivity index (χ1) is 24.3.